The van der Waals surface area contributed by atoms with Gasteiger partial charge >= 0.3 is 0 Å². The van der Waals surface area contributed by atoms with E-state index in [2.05, 4.69) is 16.4 Å². The summed E-state index contributed by atoms with van der Waals surface area (Å²) in [7, 11) is 0. The maximum atomic E-state index is 6.01. The standard InChI is InChI=1S/C13H14Cl2N2/c14-12-5-11(7-17-13(12)15)9-3-8-1-2-16-6-10(8)4-9/h3,5,7-8,10,16H,1-2,4,6H2/t8-,10-/m1/s1. The number of piperidine rings is 1. The number of hydrogen-bond acceptors (Lipinski definition) is 2. The van der Waals surface area contributed by atoms with Gasteiger partial charge < -0.3 is 5.32 Å². The van der Waals surface area contributed by atoms with Gasteiger partial charge in [0.2, 0.25) is 0 Å². The second kappa shape index (κ2) is 4.60. The summed E-state index contributed by atoms with van der Waals surface area (Å²) in [4.78, 5) is 4.12. The molecule has 2 heterocycles. The Hall–Kier alpha value is -0.570. The van der Waals surface area contributed by atoms with Gasteiger partial charge in [0.1, 0.15) is 5.15 Å². The van der Waals surface area contributed by atoms with Crippen LogP contribution in [0.1, 0.15) is 18.4 Å². The van der Waals surface area contributed by atoms with E-state index in [-0.39, 0.29) is 0 Å². The van der Waals surface area contributed by atoms with Crippen LogP contribution in [0.2, 0.25) is 10.2 Å². The molecule has 4 heteroatoms. The Morgan fingerprint density at radius 1 is 1.35 bits per heavy atom. The van der Waals surface area contributed by atoms with E-state index < -0.39 is 0 Å². The Bertz CT molecular complexity index is 470. The van der Waals surface area contributed by atoms with Crippen LogP contribution in [-0.4, -0.2) is 18.1 Å². The number of rotatable bonds is 1. The van der Waals surface area contributed by atoms with Gasteiger partial charge in [-0.15, -0.1) is 0 Å². The molecule has 0 saturated carbocycles. The van der Waals surface area contributed by atoms with Crippen LogP contribution in [0.3, 0.4) is 0 Å². The summed E-state index contributed by atoms with van der Waals surface area (Å²) in [5.74, 6) is 1.47. The van der Waals surface area contributed by atoms with Crippen molar-refractivity contribution in [2.24, 2.45) is 11.8 Å². The van der Waals surface area contributed by atoms with Gasteiger partial charge in [0.15, 0.2) is 0 Å². The summed E-state index contributed by atoms with van der Waals surface area (Å²) in [6, 6.07) is 1.92. The van der Waals surface area contributed by atoms with Gasteiger partial charge in [0, 0.05) is 6.20 Å². The minimum absolute atomic E-state index is 0.382. The molecule has 1 fully saturated rings. The maximum absolute atomic E-state index is 6.01. The van der Waals surface area contributed by atoms with Crippen molar-refractivity contribution in [3.63, 3.8) is 0 Å². The first-order valence-corrected chi connectivity index (χ1v) is 6.72. The molecule has 2 nitrogen and oxygen atoms in total. The largest absolute Gasteiger partial charge is 0.316 e. The monoisotopic (exact) mass is 268 g/mol. The summed E-state index contributed by atoms with van der Waals surface area (Å²) >= 11 is 11.8. The molecule has 0 amide bonds. The quantitative estimate of drug-likeness (QED) is 0.790. The molecule has 2 atom stereocenters. The fraction of sp³-hybridized carbons (Fsp3) is 0.462. The molecule has 17 heavy (non-hydrogen) atoms. The van der Waals surface area contributed by atoms with E-state index in [0.717, 1.165) is 36.9 Å². The third-order valence-electron chi connectivity index (χ3n) is 3.73. The van der Waals surface area contributed by atoms with E-state index >= 15 is 0 Å². The van der Waals surface area contributed by atoms with Gasteiger partial charge in [-0.05, 0) is 55.0 Å². The molecule has 1 aliphatic carbocycles. The first kappa shape index (κ1) is 11.5. The Kier molecular flexibility index (Phi) is 3.12. The van der Waals surface area contributed by atoms with Crippen molar-refractivity contribution >= 4 is 28.8 Å². The van der Waals surface area contributed by atoms with Crippen LogP contribution >= 0.6 is 23.2 Å². The van der Waals surface area contributed by atoms with Crippen molar-refractivity contribution in [3.8, 4) is 0 Å². The topological polar surface area (TPSA) is 24.9 Å². The van der Waals surface area contributed by atoms with Crippen LogP contribution in [0.15, 0.2) is 18.3 Å². The number of halogens is 2. The fourth-order valence-corrected chi connectivity index (χ4v) is 3.08. The van der Waals surface area contributed by atoms with E-state index in [9.17, 15) is 0 Å². The molecule has 1 aliphatic heterocycles. The van der Waals surface area contributed by atoms with Crippen LogP contribution in [0.5, 0.6) is 0 Å². The zero-order chi connectivity index (χ0) is 11.8. The SMILES string of the molecule is Clc1cc(C2=C[C@H]3CCNC[C@H]3C2)cnc1Cl. The van der Waals surface area contributed by atoms with Crippen molar-refractivity contribution in [2.45, 2.75) is 12.8 Å². The lowest BCUT2D eigenvalue weighted by Gasteiger charge is -2.25. The minimum Gasteiger partial charge on any atom is -0.316 e. The van der Waals surface area contributed by atoms with Crippen LogP contribution in [0.25, 0.3) is 5.57 Å². The van der Waals surface area contributed by atoms with Crippen molar-refractivity contribution < 1.29 is 0 Å². The van der Waals surface area contributed by atoms with Gasteiger partial charge in [-0.2, -0.15) is 0 Å². The van der Waals surface area contributed by atoms with E-state index in [0.29, 0.717) is 10.2 Å². The van der Waals surface area contributed by atoms with Crippen LogP contribution < -0.4 is 5.32 Å². The summed E-state index contributed by atoms with van der Waals surface area (Å²) < 4.78 is 0. The summed E-state index contributed by atoms with van der Waals surface area (Å²) in [5, 5.41) is 4.37. The van der Waals surface area contributed by atoms with Crippen molar-refractivity contribution in [3.05, 3.63) is 34.1 Å². The van der Waals surface area contributed by atoms with E-state index in [1.54, 1.807) is 0 Å². The van der Waals surface area contributed by atoms with E-state index in [4.69, 9.17) is 23.2 Å². The van der Waals surface area contributed by atoms with Crippen molar-refractivity contribution in [2.75, 3.05) is 13.1 Å². The highest BCUT2D eigenvalue weighted by Crippen LogP contribution is 2.39. The smallest absolute Gasteiger partial charge is 0.147 e. The second-order valence-corrected chi connectivity index (χ2v) is 5.57. The Balaban J connectivity index is 1.87. The van der Waals surface area contributed by atoms with E-state index in [1.807, 2.05) is 12.3 Å². The van der Waals surface area contributed by atoms with Gasteiger partial charge in [-0.3, -0.25) is 0 Å². The molecule has 0 spiro atoms. The number of allylic oxidation sites excluding steroid dienone is 2. The first-order chi connectivity index (χ1) is 8.24. The van der Waals surface area contributed by atoms with Crippen LogP contribution in [-0.2, 0) is 0 Å². The fourth-order valence-electron chi connectivity index (χ4n) is 2.81. The predicted octanol–water partition coefficient (Wildman–Crippen LogP) is 3.40. The molecule has 90 valence electrons. The third kappa shape index (κ3) is 2.22. The molecular weight excluding hydrogens is 255 g/mol. The molecule has 0 bridgehead atoms. The molecule has 0 aromatic carbocycles. The van der Waals surface area contributed by atoms with Gasteiger partial charge in [-0.1, -0.05) is 29.3 Å². The minimum atomic E-state index is 0.382. The average molecular weight is 269 g/mol. The lowest BCUT2D eigenvalue weighted by Crippen LogP contribution is -2.33. The number of aromatic nitrogens is 1. The molecule has 1 aromatic rings. The molecule has 1 N–H and O–H groups in total. The second-order valence-electron chi connectivity index (χ2n) is 4.81. The molecule has 2 aliphatic rings. The normalized spacial score (nSPS) is 27.8. The number of nitrogens with zero attached hydrogens (tertiary/aromatic N) is 1. The molecule has 1 saturated heterocycles. The highest BCUT2D eigenvalue weighted by atomic mass is 35.5. The molecular formula is C13H14Cl2N2. The molecule has 0 radical (unpaired) electrons. The third-order valence-corrected chi connectivity index (χ3v) is 4.42. The number of hydrogen-bond donors (Lipinski definition) is 1. The highest BCUT2D eigenvalue weighted by molar-refractivity contribution is 6.41. The number of fused-ring (bicyclic) bond motifs is 1. The van der Waals surface area contributed by atoms with Crippen LogP contribution in [0.4, 0.5) is 0 Å². The lowest BCUT2D eigenvalue weighted by atomic mass is 9.89. The highest BCUT2D eigenvalue weighted by Gasteiger charge is 2.30. The average Bonchev–Trinajstić information content (AvgIpc) is 2.76. The Labute approximate surface area is 111 Å². The number of nitrogens with one attached hydrogen (secondary N) is 1. The Morgan fingerprint density at radius 2 is 2.24 bits per heavy atom. The lowest BCUT2D eigenvalue weighted by molar-refractivity contribution is 0.324. The molecule has 1 aromatic heterocycles. The first-order valence-electron chi connectivity index (χ1n) is 5.97. The van der Waals surface area contributed by atoms with Crippen molar-refractivity contribution in [1.82, 2.24) is 10.3 Å². The summed E-state index contributed by atoms with van der Waals surface area (Å²) in [6.45, 7) is 2.25. The van der Waals surface area contributed by atoms with E-state index in [1.165, 1.54) is 12.0 Å². The van der Waals surface area contributed by atoms with Crippen LogP contribution in [0, 0.1) is 11.8 Å². The zero-order valence-electron chi connectivity index (χ0n) is 9.42. The maximum Gasteiger partial charge on any atom is 0.147 e. The number of pyridine rings is 1. The van der Waals surface area contributed by atoms with Gasteiger partial charge in [-0.25, -0.2) is 4.98 Å². The van der Waals surface area contributed by atoms with Crippen molar-refractivity contribution in [1.29, 1.82) is 0 Å². The summed E-state index contributed by atoms with van der Waals surface area (Å²) in [6.07, 6.45) is 6.58. The van der Waals surface area contributed by atoms with Gasteiger partial charge in [0.25, 0.3) is 0 Å². The molecule has 3 rings (SSSR count). The van der Waals surface area contributed by atoms with Gasteiger partial charge in [0.05, 0.1) is 5.02 Å². The Morgan fingerprint density at radius 3 is 3.00 bits per heavy atom. The zero-order valence-corrected chi connectivity index (χ0v) is 10.9. The summed E-state index contributed by atoms with van der Waals surface area (Å²) in [5.41, 5.74) is 2.49. The predicted molar refractivity (Wildman–Crippen MR) is 71.3 cm³/mol. The molecule has 0 unspecified atom stereocenters.